The van der Waals surface area contributed by atoms with E-state index in [1.165, 1.54) is 17.0 Å². The van der Waals surface area contributed by atoms with Gasteiger partial charge in [0.05, 0.1) is 39.8 Å². The zero-order valence-corrected chi connectivity index (χ0v) is 20.1. The monoisotopic (exact) mass is 483 g/mol. The number of nitrogens with one attached hydrogen (secondary N) is 1. The van der Waals surface area contributed by atoms with Gasteiger partial charge < -0.3 is 29.7 Å². The molecule has 0 aromatic heterocycles. The fraction of sp³-hybridized carbons (Fsp3) is 0.625. The number of carbonyl (C=O) groups excluding carboxylic acids is 3. The van der Waals surface area contributed by atoms with Crippen LogP contribution in [0.1, 0.15) is 44.1 Å². The summed E-state index contributed by atoms with van der Waals surface area (Å²) in [5.74, 6) is -3.77. The minimum atomic E-state index is -1.32. The third-order valence-corrected chi connectivity index (χ3v) is 5.90. The molecule has 3 rings (SSSR count). The zero-order chi connectivity index (χ0) is 25.5. The van der Waals surface area contributed by atoms with Gasteiger partial charge in [-0.1, -0.05) is 25.0 Å². The molecule has 1 saturated carbocycles. The van der Waals surface area contributed by atoms with Crippen molar-refractivity contribution in [2.24, 2.45) is 5.92 Å². The Hall–Kier alpha value is -2.59. The number of benzene rings is 1. The van der Waals surface area contributed by atoms with E-state index in [1.54, 1.807) is 0 Å². The van der Waals surface area contributed by atoms with Gasteiger partial charge in [0.15, 0.2) is 11.6 Å². The molecule has 1 aliphatic carbocycles. The number of hydrogen-bond donors (Lipinski definition) is 2. The Kier molecular flexibility index (Phi) is 9.93. The van der Waals surface area contributed by atoms with E-state index in [0.29, 0.717) is 18.8 Å². The number of likely N-dealkylation sites (tertiary alicyclic amines) is 1. The van der Waals surface area contributed by atoms with Gasteiger partial charge in [-0.2, -0.15) is 0 Å². The first-order valence-corrected chi connectivity index (χ1v) is 11.5. The number of rotatable bonds is 10. The maximum Gasteiger partial charge on any atom is 0.223 e. The Labute approximate surface area is 199 Å². The van der Waals surface area contributed by atoms with Crippen molar-refractivity contribution in [2.75, 3.05) is 34.3 Å². The molecule has 2 N–H and O–H groups in total. The Morgan fingerprint density at radius 2 is 1.91 bits per heavy atom. The van der Waals surface area contributed by atoms with Crippen LogP contribution in [0.4, 0.5) is 8.78 Å². The van der Waals surface area contributed by atoms with E-state index in [2.05, 4.69) is 26.5 Å². The zero-order valence-electron chi connectivity index (χ0n) is 20.1. The molecule has 0 unspecified atom stereocenters. The van der Waals surface area contributed by atoms with Crippen LogP contribution in [0, 0.1) is 17.6 Å². The van der Waals surface area contributed by atoms with E-state index in [1.807, 2.05) is 0 Å². The number of carboxylic acids is 1. The quantitative estimate of drug-likeness (QED) is 0.473. The van der Waals surface area contributed by atoms with Gasteiger partial charge in [-0.05, 0) is 24.8 Å². The van der Waals surface area contributed by atoms with Gasteiger partial charge in [0, 0.05) is 31.0 Å². The smallest absolute Gasteiger partial charge is 0.223 e. The first kappa shape index (κ1) is 27.7. The van der Waals surface area contributed by atoms with Crippen molar-refractivity contribution in [1.29, 1.82) is 0 Å². The van der Waals surface area contributed by atoms with Gasteiger partial charge in [0.2, 0.25) is 11.8 Å². The second-order valence-corrected chi connectivity index (χ2v) is 9.99. The average Bonchev–Trinajstić information content (AvgIpc) is 3.49. The summed E-state index contributed by atoms with van der Waals surface area (Å²) in [5, 5.41) is 22.0. The number of halogens is 2. The largest absolute Gasteiger partial charge is 0.548 e. The minimum absolute atomic E-state index is 0.0389. The van der Waals surface area contributed by atoms with E-state index in [4.69, 9.17) is 5.11 Å². The van der Waals surface area contributed by atoms with Crippen LogP contribution in [0.25, 0.3) is 0 Å². The lowest BCUT2D eigenvalue weighted by Gasteiger charge is -2.26. The molecule has 0 bridgehead atoms. The highest BCUT2D eigenvalue weighted by atomic mass is 19.2. The van der Waals surface area contributed by atoms with E-state index in [9.17, 15) is 28.3 Å². The lowest BCUT2D eigenvalue weighted by molar-refractivity contribution is -0.870. The van der Waals surface area contributed by atoms with E-state index in [-0.39, 0.29) is 37.5 Å². The van der Waals surface area contributed by atoms with Crippen LogP contribution in [-0.4, -0.2) is 78.7 Å². The summed E-state index contributed by atoms with van der Waals surface area (Å²) in [4.78, 5) is 36.9. The van der Waals surface area contributed by atoms with Crippen molar-refractivity contribution >= 4 is 17.8 Å². The van der Waals surface area contributed by atoms with Crippen LogP contribution in [0.5, 0.6) is 0 Å². The summed E-state index contributed by atoms with van der Waals surface area (Å²) in [6.45, 7) is 0.982. The predicted molar refractivity (Wildman–Crippen MR) is 119 cm³/mol. The SMILES string of the molecule is C[N+](C)(C)CCO.O=C(C[C@@H]1CCC(=O)N1Cc1cccc(F)c1F)N[C@@H](CC1CC1)C(=O)[O-]. The first-order chi connectivity index (χ1) is 15.9. The fourth-order valence-corrected chi connectivity index (χ4v) is 3.75. The molecule has 2 atom stereocenters. The third-order valence-electron chi connectivity index (χ3n) is 5.90. The van der Waals surface area contributed by atoms with Crippen LogP contribution in [0.15, 0.2) is 18.2 Å². The Morgan fingerprint density at radius 1 is 1.24 bits per heavy atom. The van der Waals surface area contributed by atoms with Gasteiger partial charge in [-0.15, -0.1) is 0 Å². The van der Waals surface area contributed by atoms with E-state index < -0.39 is 35.6 Å². The molecule has 190 valence electrons. The fourth-order valence-electron chi connectivity index (χ4n) is 3.75. The Bertz CT molecular complexity index is 871. The Morgan fingerprint density at radius 3 is 2.44 bits per heavy atom. The molecule has 8 nitrogen and oxygen atoms in total. The normalized spacial score (nSPS) is 18.8. The highest BCUT2D eigenvalue weighted by molar-refractivity contribution is 5.85. The topological polar surface area (TPSA) is 110 Å². The molecule has 2 amide bonds. The summed E-state index contributed by atoms with van der Waals surface area (Å²) in [7, 11) is 6.16. The van der Waals surface area contributed by atoms with Crippen LogP contribution < -0.4 is 10.4 Å². The van der Waals surface area contributed by atoms with Gasteiger partial charge in [0.25, 0.3) is 0 Å². The summed E-state index contributed by atoms with van der Waals surface area (Å²) in [6.07, 6.45) is 2.77. The van der Waals surface area contributed by atoms with Crippen molar-refractivity contribution in [1.82, 2.24) is 10.2 Å². The van der Waals surface area contributed by atoms with Gasteiger partial charge >= 0.3 is 0 Å². The van der Waals surface area contributed by atoms with Gasteiger partial charge in [0.1, 0.15) is 6.54 Å². The lowest BCUT2D eigenvalue weighted by Crippen LogP contribution is -2.49. The molecule has 2 fully saturated rings. The molecular weight excluding hydrogens is 448 g/mol. The van der Waals surface area contributed by atoms with Gasteiger partial charge in [-0.3, -0.25) is 9.59 Å². The number of amides is 2. The number of aliphatic carboxylic acids is 1. The molecule has 0 spiro atoms. The van der Waals surface area contributed by atoms with Crippen LogP contribution in [-0.2, 0) is 20.9 Å². The molecule has 1 aromatic rings. The number of quaternary nitrogens is 1. The summed E-state index contributed by atoms with van der Waals surface area (Å²) >= 11 is 0. The lowest BCUT2D eigenvalue weighted by atomic mass is 10.1. The molecule has 1 saturated heterocycles. The minimum Gasteiger partial charge on any atom is -0.548 e. The number of aliphatic hydroxyl groups is 1. The molecule has 1 aromatic carbocycles. The van der Waals surface area contributed by atoms with Crippen LogP contribution in [0.3, 0.4) is 0 Å². The van der Waals surface area contributed by atoms with Crippen molar-refractivity contribution in [3.8, 4) is 0 Å². The summed E-state index contributed by atoms with van der Waals surface area (Å²) < 4.78 is 28.1. The molecule has 2 aliphatic rings. The summed E-state index contributed by atoms with van der Waals surface area (Å²) in [6, 6.07) is 2.22. The predicted octanol–water partition coefficient (Wildman–Crippen LogP) is 0.566. The van der Waals surface area contributed by atoms with Crippen molar-refractivity contribution in [3.05, 3.63) is 35.4 Å². The number of carbonyl (C=O) groups is 3. The van der Waals surface area contributed by atoms with Crippen molar-refractivity contribution in [2.45, 2.75) is 57.2 Å². The second-order valence-electron chi connectivity index (χ2n) is 9.99. The molecule has 0 radical (unpaired) electrons. The Balaban J connectivity index is 0.000000509. The molecular formula is C24H35F2N3O5. The van der Waals surface area contributed by atoms with Gasteiger partial charge in [-0.25, -0.2) is 8.78 Å². The average molecular weight is 484 g/mol. The number of nitrogens with zero attached hydrogens (tertiary/aromatic N) is 2. The molecule has 1 heterocycles. The van der Waals surface area contributed by atoms with Crippen LogP contribution in [0.2, 0.25) is 0 Å². The van der Waals surface area contributed by atoms with Crippen molar-refractivity contribution < 1.29 is 37.9 Å². The number of hydrogen-bond acceptors (Lipinski definition) is 5. The molecule has 1 aliphatic heterocycles. The highest BCUT2D eigenvalue weighted by Gasteiger charge is 2.34. The molecule has 34 heavy (non-hydrogen) atoms. The number of aliphatic hydroxyl groups excluding tert-OH is 1. The van der Waals surface area contributed by atoms with Crippen molar-refractivity contribution in [3.63, 3.8) is 0 Å². The molecule has 10 heteroatoms. The second kappa shape index (κ2) is 12.2. The van der Waals surface area contributed by atoms with E-state index >= 15 is 0 Å². The summed E-state index contributed by atoms with van der Waals surface area (Å²) in [5.41, 5.74) is 0.0389. The highest BCUT2D eigenvalue weighted by Crippen LogP contribution is 2.33. The third kappa shape index (κ3) is 8.98. The number of carboxylic acid groups (broad SMARTS) is 1. The van der Waals surface area contributed by atoms with Crippen LogP contribution >= 0.6 is 0 Å². The first-order valence-electron chi connectivity index (χ1n) is 11.5. The maximum atomic E-state index is 13.9. The standard InChI is InChI=1S/C19H22F2N2O4.C5H14NO/c20-14-3-1-2-12(18(14)21)10-23-13(6-7-17(23)25)9-16(24)22-15(19(26)27)8-11-4-5-11;1-6(2,3)4-5-7/h1-3,11,13,15H,4-10H2,(H,22,24)(H,26,27);7H,4-5H2,1-3H3/q;+1/p-1/t13-,15-;/m0./s1. The van der Waals surface area contributed by atoms with E-state index in [0.717, 1.165) is 29.9 Å². The number of likely N-dealkylation sites (N-methyl/N-ethyl adjacent to an activating group) is 1. The maximum absolute atomic E-state index is 13.9.